The second-order valence-electron chi connectivity index (χ2n) is 10.2. The van der Waals surface area contributed by atoms with Crippen LogP contribution >= 0.6 is 0 Å². The molecule has 0 fully saturated rings. The molecule has 41 heavy (non-hydrogen) atoms. The number of nitrogens with zero attached hydrogens (tertiary/aromatic N) is 3. The van der Waals surface area contributed by atoms with Gasteiger partial charge in [0.1, 0.15) is 18.1 Å². The first-order valence-corrected chi connectivity index (χ1v) is 13.8. The summed E-state index contributed by atoms with van der Waals surface area (Å²) >= 11 is 0. The van der Waals surface area contributed by atoms with E-state index in [4.69, 9.17) is 15.5 Å². The number of hydrogen-bond acceptors (Lipinski definition) is 6. The number of aromatic nitrogens is 3. The van der Waals surface area contributed by atoms with E-state index >= 15 is 0 Å². The molecule has 0 aliphatic rings. The highest BCUT2D eigenvalue weighted by Gasteiger charge is 2.19. The first kappa shape index (κ1) is 27.9. The van der Waals surface area contributed by atoms with Gasteiger partial charge in [0.2, 0.25) is 0 Å². The maximum Gasteiger partial charge on any atom is 0.284 e. The molecule has 0 spiro atoms. The minimum Gasteiger partial charge on any atom is -0.487 e. The number of carbonyl (C=O) groups is 1. The maximum absolute atomic E-state index is 12.5. The molecule has 1 amide bonds. The topological polar surface area (TPSA) is 115 Å². The summed E-state index contributed by atoms with van der Waals surface area (Å²) in [6.07, 6.45) is 1.51. The highest BCUT2D eigenvalue weighted by molar-refractivity contribution is 5.94. The van der Waals surface area contributed by atoms with E-state index in [2.05, 4.69) is 35.4 Å². The van der Waals surface area contributed by atoms with Gasteiger partial charge >= 0.3 is 0 Å². The number of aliphatic hydroxyl groups is 1. The lowest BCUT2D eigenvalue weighted by Gasteiger charge is -2.15. The van der Waals surface area contributed by atoms with Gasteiger partial charge in [0, 0.05) is 24.5 Å². The third-order valence-corrected chi connectivity index (χ3v) is 7.00. The smallest absolute Gasteiger partial charge is 0.284 e. The van der Waals surface area contributed by atoms with Crippen molar-refractivity contribution in [3.8, 4) is 5.75 Å². The average molecular weight is 550 g/mol. The number of aliphatic hydroxyl groups excluding tert-OH is 1. The van der Waals surface area contributed by atoms with Crippen molar-refractivity contribution in [3.63, 3.8) is 0 Å². The Morgan fingerprint density at radius 1 is 0.976 bits per heavy atom. The van der Waals surface area contributed by atoms with Gasteiger partial charge in [-0.2, -0.15) is 0 Å². The van der Waals surface area contributed by atoms with E-state index in [1.54, 1.807) is 0 Å². The summed E-state index contributed by atoms with van der Waals surface area (Å²) in [5, 5.41) is 12.9. The van der Waals surface area contributed by atoms with Crippen molar-refractivity contribution in [2.24, 2.45) is 5.73 Å². The molecule has 0 saturated heterocycles. The highest BCUT2D eigenvalue weighted by atomic mass is 16.5. The zero-order valence-electron chi connectivity index (χ0n) is 23.4. The normalized spacial score (nSPS) is 11.1. The first-order chi connectivity index (χ1) is 19.9. The monoisotopic (exact) mass is 549 g/mol. The number of carbonyl (C=O) groups excluding carboxylic acids is 1. The second kappa shape index (κ2) is 12.7. The fourth-order valence-corrected chi connectivity index (χ4v) is 4.89. The summed E-state index contributed by atoms with van der Waals surface area (Å²) in [7, 11) is 0. The number of pyridine rings is 1. The van der Waals surface area contributed by atoms with E-state index in [9.17, 15) is 9.90 Å². The molecule has 0 radical (unpaired) electrons. The Bertz CT molecular complexity index is 1660. The van der Waals surface area contributed by atoms with E-state index in [1.165, 1.54) is 5.56 Å². The van der Waals surface area contributed by atoms with Crippen molar-refractivity contribution in [1.29, 1.82) is 0 Å². The van der Waals surface area contributed by atoms with Gasteiger partial charge in [0.25, 0.3) is 5.91 Å². The van der Waals surface area contributed by atoms with Gasteiger partial charge in [-0.25, -0.2) is 4.98 Å². The fraction of sp³-hybridized carbons (Fsp3) is 0.242. The van der Waals surface area contributed by atoms with Crippen LogP contribution < -0.4 is 15.8 Å². The van der Waals surface area contributed by atoms with Crippen LogP contribution in [-0.2, 0) is 26.1 Å². The van der Waals surface area contributed by atoms with Gasteiger partial charge in [-0.3, -0.25) is 9.78 Å². The van der Waals surface area contributed by atoms with Gasteiger partial charge in [-0.05, 0) is 79.3 Å². The molecule has 0 bridgehead atoms. The summed E-state index contributed by atoms with van der Waals surface area (Å²) in [5.74, 6) is 0.213. The van der Waals surface area contributed by atoms with Gasteiger partial charge in [0.05, 0.1) is 17.6 Å². The number of primary amides is 1. The molecule has 8 nitrogen and oxygen atoms in total. The summed E-state index contributed by atoms with van der Waals surface area (Å²) in [6, 6.07) is 26.0. The Morgan fingerprint density at radius 2 is 1.80 bits per heavy atom. The summed E-state index contributed by atoms with van der Waals surface area (Å²) < 4.78 is 7.98. The Hall–Kier alpha value is -4.69. The Balaban J connectivity index is 1.44. The molecule has 3 aromatic carbocycles. The van der Waals surface area contributed by atoms with Crippen molar-refractivity contribution in [1.82, 2.24) is 14.5 Å². The van der Waals surface area contributed by atoms with Crippen LogP contribution in [-0.4, -0.2) is 32.2 Å². The number of rotatable bonds is 12. The summed E-state index contributed by atoms with van der Waals surface area (Å²) in [4.78, 5) is 21.8. The number of hydrogen-bond donors (Lipinski definition) is 3. The number of benzene rings is 3. The third kappa shape index (κ3) is 6.73. The second-order valence-corrected chi connectivity index (χ2v) is 10.2. The van der Waals surface area contributed by atoms with E-state index in [0.717, 1.165) is 40.0 Å². The Kier molecular flexibility index (Phi) is 8.60. The molecule has 5 rings (SSSR count). The molecule has 0 atom stereocenters. The quantitative estimate of drug-likeness (QED) is 0.194. The lowest BCUT2D eigenvalue weighted by Crippen LogP contribution is -2.19. The van der Waals surface area contributed by atoms with Crippen LogP contribution in [0.5, 0.6) is 5.75 Å². The Labute approximate surface area is 239 Å². The fourth-order valence-electron chi connectivity index (χ4n) is 4.89. The van der Waals surface area contributed by atoms with Crippen molar-refractivity contribution in [3.05, 3.63) is 118 Å². The molecule has 2 heterocycles. The molecule has 0 aliphatic carbocycles. The number of nitrogens with one attached hydrogen (secondary N) is 1. The number of ether oxygens (including phenoxy) is 1. The van der Waals surface area contributed by atoms with Crippen LogP contribution in [0.3, 0.4) is 0 Å². The van der Waals surface area contributed by atoms with Crippen LogP contribution in [0.1, 0.15) is 50.7 Å². The molecule has 0 saturated carbocycles. The van der Waals surface area contributed by atoms with Crippen LogP contribution in [0.25, 0.3) is 11.0 Å². The molecule has 0 aliphatic heterocycles. The minimum absolute atomic E-state index is 0.158. The molecule has 0 unspecified atom stereocenters. The molecule has 210 valence electrons. The van der Waals surface area contributed by atoms with Crippen LogP contribution in [0.2, 0.25) is 0 Å². The number of aryl methyl sites for hydroxylation is 3. The largest absolute Gasteiger partial charge is 0.487 e. The molecule has 4 N–H and O–H groups in total. The predicted octanol–water partition coefficient (Wildman–Crippen LogP) is 5.31. The molecule has 5 aromatic rings. The van der Waals surface area contributed by atoms with Crippen molar-refractivity contribution >= 4 is 22.6 Å². The molecular weight excluding hydrogens is 514 g/mol. The van der Waals surface area contributed by atoms with Crippen molar-refractivity contribution in [2.45, 2.75) is 46.4 Å². The SMILES string of the molecule is Cc1ccc(CCCO)c(NCc2ccc3nc(C(N)=O)n(Cc4nc(C)ccc4OCc4ccccc4)c3c2)c1. The lowest BCUT2D eigenvalue weighted by molar-refractivity contribution is 0.0987. The average Bonchev–Trinajstić information content (AvgIpc) is 3.33. The highest BCUT2D eigenvalue weighted by Crippen LogP contribution is 2.26. The van der Waals surface area contributed by atoms with Crippen molar-refractivity contribution < 1.29 is 14.6 Å². The minimum atomic E-state index is -0.603. The zero-order chi connectivity index (χ0) is 28.8. The standard InChI is InChI=1S/C33H35N5O3/c1-22-10-13-26(9-6-16-39)28(17-22)35-19-25-12-14-27-30(18-25)38(33(37-27)32(34)40)20-29-31(15-11-23(2)36-29)41-21-24-7-4-3-5-8-24/h3-5,7-8,10-15,17-18,35,39H,6,9,16,19-21H2,1-2H3,(H2,34,40). The molecule has 8 heteroatoms. The summed E-state index contributed by atoms with van der Waals surface area (Å²) in [6.45, 7) is 5.41. The van der Waals surface area contributed by atoms with Gasteiger partial charge < -0.3 is 25.5 Å². The lowest BCUT2D eigenvalue weighted by atomic mass is 10.0. The van der Waals surface area contributed by atoms with Crippen LogP contribution in [0.4, 0.5) is 5.69 Å². The predicted molar refractivity (Wildman–Crippen MR) is 161 cm³/mol. The number of nitrogens with two attached hydrogens (primary N) is 1. The van der Waals surface area contributed by atoms with Gasteiger partial charge in [0.15, 0.2) is 5.82 Å². The third-order valence-electron chi connectivity index (χ3n) is 7.00. The van der Waals surface area contributed by atoms with Crippen LogP contribution in [0, 0.1) is 13.8 Å². The van der Waals surface area contributed by atoms with E-state index < -0.39 is 5.91 Å². The van der Waals surface area contributed by atoms with E-state index in [1.807, 2.05) is 72.2 Å². The zero-order valence-corrected chi connectivity index (χ0v) is 23.4. The number of anilines is 1. The van der Waals surface area contributed by atoms with Crippen molar-refractivity contribution in [2.75, 3.05) is 11.9 Å². The van der Waals surface area contributed by atoms with E-state index in [0.29, 0.717) is 36.5 Å². The van der Waals surface area contributed by atoms with E-state index in [-0.39, 0.29) is 19.0 Å². The maximum atomic E-state index is 12.5. The number of imidazole rings is 1. The Morgan fingerprint density at radius 3 is 2.59 bits per heavy atom. The first-order valence-electron chi connectivity index (χ1n) is 13.8. The number of amides is 1. The molecule has 2 aromatic heterocycles. The number of fused-ring (bicyclic) bond motifs is 1. The van der Waals surface area contributed by atoms with Crippen LogP contribution in [0.15, 0.2) is 78.9 Å². The van der Waals surface area contributed by atoms with Gasteiger partial charge in [-0.1, -0.05) is 48.5 Å². The molecular formula is C33H35N5O3. The summed E-state index contributed by atoms with van der Waals surface area (Å²) in [5.41, 5.74) is 14.2. The van der Waals surface area contributed by atoms with Gasteiger partial charge in [-0.15, -0.1) is 0 Å².